The summed E-state index contributed by atoms with van der Waals surface area (Å²) in [5.74, 6) is 0. The third kappa shape index (κ3) is 1.65. The molecule has 0 saturated carbocycles. The smallest absolute Gasteiger partial charge is 0.107 e. The summed E-state index contributed by atoms with van der Waals surface area (Å²) in [4.78, 5) is 1.34. The lowest BCUT2D eigenvalue weighted by molar-refractivity contribution is 0.416. The second-order valence-electron chi connectivity index (χ2n) is 4.56. The highest BCUT2D eigenvalue weighted by atomic mass is 32.1. The lowest BCUT2D eigenvalue weighted by Crippen LogP contribution is -1.84. The van der Waals surface area contributed by atoms with E-state index in [2.05, 4.69) is 54.6 Å². The van der Waals surface area contributed by atoms with Crippen molar-refractivity contribution in [1.29, 1.82) is 0 Å². The molecule has 4 rings (SSSR count). The summed E-state index contributed by atoms with van der Waals surface area (Å²) in [6.45, 7) is 0.863. The standard InChI is InChI=1S/C16H12OS/c1-4-8-15-11(5-1)9-16(18-15)13-7-3-2-6-12(13)14-10-17-14/h1-9,14H,10H2. The fourth-order valence-corrected chi connectivity index (χ4v) is 3.45. The molecule has 0 spiro atoms. The zero-order valence-electron chi connectivity index (χ0n) is 9.80. The predicted octanol–water partition coefficient (Wildman–Crippen LogP) is 4.64. The Bertz CT molecular complexity index is 677. The highest BCUT2D eigenvalue weighted by molar-refractivity contribution is 7.22. The number of epoxide rings is 1. The van der Waals surface area contributed by atoms with Gasteiger partial charge in [0.2, 0.25) is 0 Å². The van der Waals surface area contributed by atoms with E-state index >= 15 is 0 Å². The maximum atomic E-state index is 5.44. The quantitative estimate of drug-likeness (QED) is 0.605. The fourth-order valence-electron chi connectivity index (χ4n) is 2.34. The van der Waals surface area contributed by atoms with E-state index in [0.29, 0.717) is 6.10 Å². The number of thiophene rings is 1. The first kappa shape index (κ1) is 10.3. The molecule has 2 heteroatoms. The Balaban J connectivity index is 1.91. The van der Waals surface area contributed by atoms with Crippen molar-refractivity contribution in [1.82, 2.24) is 0 Å². The van der Waals surface area contributed by atoms with Crippen molar-refractivity contribution >= 4 is 21.4 Å². The second-order valence-corrected chi connectivity index (χ2v) is 5.64. The topological polar surface area (TPSA) is 12.5 Å². The number of rotatable bonds is 2. The zero-order valence-corrected chi connectivity index (χ0v) is 10.6. The van der Waals surface area contributed by atoms with E-state index in [1.54, 1.807) is 0 Å². The Morgan fingerprint density at radius 2 is 1.78 bits per heavy atom. The molecule has 2 heterocycles. The maximum Gasteiger partial charge on any atom is 0.107 e. The molecule has 1 atom stereocenters. The molecule has 1 aliphatic rings. The van der Waals surface area contributed by atoms with Crippen molar-refractivity contribution in [3.05, 3.63) is 60.2 Å². The summed E-state index contributed by atoms with van der Waals surface area (Å²) in [6.07, 6.45) is 0.311. The minimum atomic E-state index is 0.311. The molecule has 3 aromatic rings. The molecule has 1 saturated heterocycles. The molecule has 0 amide bonds. The SMILES string of the molecule is c1ccc(C2CO2)c(-c2cc3ccccc3s2)c1. The third-order valence-corrected chi connectivity index (χ3v) is 4.48. The number of hydrogen-bond donors (Lipinski definition) is 0. The number of fused-ring (bicyclic) bond motifs is 1. The van der Waals surface area contributed by atoms with Gasteiger partial charge in [-0.1, -0.05) is 42.5 Å². The van der Waals surface area contributed by atoms with Crippen molar-refractivity contribution in [2.24, 2.45) is 0 Å². The summed E-state index contributed by atoms with van der Waals surface area (Å²) in [6, 6.07) is 19.4. The molecule has 0 N–H and O–H groups in total. The lowest BCUT2D eigenvalue weighted by atomic mass is 10.0. The van der Waals surface area contributed by atoms with E-state index in [9.17, 15) is 0 Å². The van der Waals surface area contributed by atoms with Gasteiger partial charge in [-0.2, -0.15) is 0 Å². The van der Waals surface area contributed by atoms with Crippen LogP contribution in [0.4, 0.5) is 0 Å². The average Bonchev–Trinajstić information content (AvgIpc) is 3.17. The first-order valence-electron chi connectivity index (χ1n) is 6.11. The van der Waals surface area contributed by atoms with Crippen LogP contribution in [0.3, 0.4) is 0 Å². The largest absolute Gasteiger partial charge is 0.368 e. The van der Waals surface area contributed by atoms with Crippen molar-refractivity contribution in [3.8, 4) is 10.4 Å². The predicted molar refractivity (Wildman–Crippen MR) is 76.0 cm³/mol. The molecule has 0 radical (unpaired) electrons. The third-order valence-electron chi connectivity index (χ3n) is 3.33. The van der Waals surface area contributed by atoms with Gasteiger partial charge in [-0.05, 0) is 28.6 Å². The molecule has 18 heavy (non-hydrogen) atoms. The van der Waals surface area contributed by atoms with Gasteiger partial charge in [0.25, 0.3) is 0 Å². The second kappa shape index (κ2) is 3.94. The van der Waals surface area contributed by atoms with Gasteiger partial charge in [-0.25, -0.2) is 0 Å². The number of hydrogen-bond acceptors (Lipinski definition) is 2. The molecule has 1 aliphatic heterocycles. The van der Waals surface area contributed by atoms with E-state index in [0.717, 1.165) is 6.61 Å². The monoisotopic (exact) mass is 252 g/mol. The van der Waals surface area contributed by atoms with Gasteiger partial charge in [-0.3, -0.25) is 0 Å². The molecule has 2 aromatic carbocycles. The maximum absolute atomic E-state index is 5.44. The Morgan fingerprint density at radius 3 is 2.61 bits per heavy atom. The van der Waals surface area contributed by atoms with Crippen LogP contribution in [0.2, 0.25) is 0 Å². The van der Waals surface area contributed by atoms with Gasteiger partial charge in [0.05, 0.1) is 6.61 Å². The highest BCUT2D eigenvalue weighted by Gasteiger charge is 2.27. The van der Waals surface area contributed by atoms with Crippen molar-refractivity contribution in [2.45, 2.75) is 6.10 Å². The molecule has 0 bridgehead atoms. The summed E-state index contributed by atoms with van der Waals surface area (Å²) in [5.41, 5.74) is 2.64. The number of ether oxygens (including phenoxy) is 1. The molecule has 88 valence electrons. The van der Waals surface area contributed by atoms with E-state index in [1.165, 1.54) is 26.1 Å². The van der Waals surface area contributed by atoms with Crippen LogP contribution in [0, 0.1) is 0 Å². The summed E-state index contributed by atoms with van der Waals surface area (Å²) in [5, 5.41) is 1.32. The summed E-state index contributed by atoms with van der Waals surface area (Å²) < 4.78 is 6.78. The minimum absolute atomic E-state index is 0.311. The van der Waals surface area contributed by atoms with Crippen LogP contribution < -0.4 is 0 Å². The van der Waals surface area contributed by atoms with Gasteiger partial charge in [0, 0.05) is 9.58 Å². The summed E-state index contributed by atoms with van der Waals surface area (Å²) in [7, 11) is 0. The van der Waals surface area contributed by atoms with Gasteiger partial charge in [-0.15, -0.1) is 11.3 Å². The summed E-state index contributed by atoms with van der Waals surface area (Å²) >= 11 is 1.85. The van der Waals surface area contributed by atoms with Crippen LogP contribution in [0.15, 0.2) is 54.6 Å². The van der Waals surface area contributed by atoms with Gasteiger partial charge < -0.3 is 4.74 Å². The lowest BCUT2D eigenvalue weighted by Gasteiger charge is -2.03. The van der Waals surface area contributed by atoms with Crippen LogP contribution in [0.25, 0.3) is 20.5 Å². The van der Waals surface area contributed by atoms with Gasteiger partial charge in [0.15, 0.2) is 0 Å². The van der Waals surface area contributed by atoms with Crippen molar-refractivity contribution in [3.63, 3.8) is 0 Å². The highest BCUT2D eigenvalue weighted by Crippen LogP contribution is 2.41. The minimum Gasteiger partial charge on any atom is -0.368 e. The Kier molecular flexibility index (Phi) is 2.25. The fraction of sp³-hybridized carbons (Fsp3) is 0.125. The molecule has 1 unspecified atom stereocenters. The Hall–Kier alpha value is -1.64. The Labute approximate surface area is 110 Å². The van der Waals surface area contributed by atoms with Crippen LogP contribution in [0.1, 0.15) is 11.7 Å². The molecular formula is C16H12OS. The normalized spacial score (nSPS) is 18.1. The zero-order chi connectivity index (χ0) is 11.9. The van der Waals surface area contributed by atoms with Crippen molar-refractivity contribution in [2.75, 3.05) is 6.61 Å². The molecule has 0 aliphatic carbocycles. The Morgan fingerprint density at radius 1 is 1.00 bits per heavy atom. The van der Waals surface area contributed by atoms with Crippen LogP contribution in [-0.4, -0.2) is 6.61 Å². The molecular weight excluding hydrogens is 240 g/mol. The average molecular weight is 252 g/mol. The van der Waals surface area contributed by atoms with Crippen molar-refractivity contribution < 1.29 is 4.74 Å². The van der Waals surface area contributed by atoms with E-state index in [-0.39, 0.29) is 0 Å². The first-order valence-corrected chi connectivity index (χ1v) is 6.93. The van der Waals surface area contributed by atoms with Gasteiger partial charge >= 0.3 is 0 Å². The first-order chi connectivity index (χ1) is 8.92. The van der Waals surface area contributed by atoms with Crippen LogP contribution in [0.5, 0.6) is 0 Å². The van der Waals surface area contributed by atoms with Gasteiger partial charge in [0.1, 0.15) is 6.10 Å². The number of benzene rings is 2. The van der Waals surface area contributed by atoms with E-state index < -0.39 is 0 Å². The molecule has 1 fully saturated rings. The van der Waals surface area contributed by atoms with Crippen LogP contribution >= 0.6 is 11.3 Å². The van der Waals surface area contributed by atoms with E-state index in [1.807, 2.05) is 11.3 Å². The van der Waals surface area contributed by atoms with Crippen LogP contribution in [-0.2, 0) is 4.74 Å². The molecule has 1 nitrogen and oxygen atoms in total. The van der Waals surface area contributed by atoms with E-state index in [4.69, 9.17) is 4.74 Å². The molecule has 1 aromatic heterocycles.